The van der Waals surface area contributed by atoms with E-state index in [0.717, 1.165) is 12.8 Å². The van der Waals surface area contributed by atoms with Gasteiger partial charge in [-0.2, -0.15) is 0 Å². The lowest BCUT2D eigenvalue weighted by atomic mass is 10.0. The van der Waals surface area contributed by atoms with Crippen molar-refractivity contribution in [3.63, 3.8) is 0 Å². The van der Waals surface area contributed by atoms with Gasteiger partial charge in [0.1, 0.15) is 0 Å². The smallest absolute Gasteiger partial charge is 0.230 e. The Balaban J connectivity index is 1.95. The van der Waals surface area contributed by atoms with E-state index in [2.05, 4.69) is 0 Å². The van der Waals surface area contributed by atoms with E-state index >= 15 is 0 Å². The summed E-state index contributed by atoms with van der Waals surface area (Å²) < 4.78 is 0. The third kappa shape index (κ3) is 2.24. The van der Waals surface area contributed by atoms with Crippen molar-refractivity contribution < 1.29 is 4.79 Å². The van der Waals surface area contributed by atoms with Crippen LogP contribution in [0.15, 0.2) is 0 Å². The predicted molar refractivity (Wildman–Crippen MR) is 65.0 cm³/mol. The van der Waals surface area contributed by atoms with Crippen molar-refractivity contribution in [3.8, 4) is 0 Å². The minimum Gasteiger partial charge on any atom is -0.342 e. The highest BCUT2D eigenvalue weighted by atomic mass is 16.2. The lowest BCUT2D eigenvalue weighted by Gasteiger charge is -2.30. The van der Waals surface area contributed by atoms with Crippen LogP contribution in [0.1, 0.15) is 51.4 Å². The van der Waals surface area contributed by atoms with Gasteiger partial charge >= 0.3 is 0 Å². The zero-order chi connectivity index (χ0) is 11.6. The van der Waals surface area contributed by atoms with Crippen LogP contribution in [0.5, 0.6) is 0 Å². The van der Waals surface area contributed by atoms with Crippen molar-refractivity contribution in [1.29, 1.82) is 0 Å². The summed E-state index contributed by atoms with van der Waals surface area (Å²) in [5.41, 5.74) is 5.55. The van der Waals surface area contributed by atoms with Crippen LogP contribution in [0.2, 0.25) is 0 Å². The number of hydrogen-bond acceptors (Lipinski definition) is 2. The topological polar surface area (TPSA) is 46.3 Å². The highest BCUT2D eigenvalue weighted by Gasteiger charge is 2.50. The summed E-state index contributed by atoms with van der Waals surface area (Å²) >= 11 is 0. The second-order valence-corrected chi connectivity index (χ2v) is 5.55. The highest BCUT2D eigenvalue weighted by Crippen LogP contribution is 2.46. The molecule has 0 aromatic rings. The molecule has 1 amide bonds. The fraction of sp³-hybridized carbons (Fsp3) is 0.923. The van der Waals surface area contributed by atoms with Crippen LogP contribution in [0.3, 0.4) is 0 Å². The Hall–Kier alpha value is -0.570. The molecular weight excluding hydrogens is 200 g/mol. The lowest BCUT2D eigenvalue weighted by Crippen LogP contribution is -2.43. The summed E-state index contributed by atoms with van der Waals surface area (Å²) in [6.07, 6.45) is 9.58. The SMILES string of the molecule is CN(C(=O)C1(CN)CC1)C1CCCCCC1. The monoisotopic (exact) mass is 224 g/mol. The first kappa shape index (κ1) is 11.9. The molecule has 0 aromatic heterocycles. The Morgan fingerprint density at radius 1 is 1.25 bits per heavy atom. The zero-order valence-electron chi connectivity index (χ0n) is 10.4. The predicted octanol–water partition coefficient (Wildman–Crippen LogP) is 1.91. The molecule has 92 valence electrons. The van der Waals surface area contributed by atoms with Crippen molar-refractivity contribution in [2.45, 2.75) is 57.4 Å². The molecule has 2 aliphatic carbocycles. The molecule has 0 saturated heterocycles. The van der Waals surface area contributed by atoms with E-state index in [1.807, 2.05) is 11.9 Å². The van der Waals surface area contributed by atoms with Crippen LogP contribution in [0.25, 0.3) is 0 Å². The number of carbonyl (C=O) groups is 1. The molecule has 3 nitrogen and oxygen atoms in total. The summed E-state index contributed by atoms with van der Waals surface area (Å²) in [7, 11) is 1.98. The van der Waals surface area contributed by atoms with Crippen molar-refractivity contribution in [2.24, 2.45) is 11.1 Å². The first-order chi connectivity index (χ1) is 7.69. The minimum absolute atomic E-state index is 0.166. The minimum atomic E-state index is -0.166. The molecule has 0 bridgehead atoms. The first-order valence-corrected chi connectivity index (χ1v) is 6.67. The largest absolute Gasteiger partial charge is 0.342 e. The van der Waals surface area contributed by atoms with E-state index in [1.165, 1.54) is 38.5 Å². The Morgan fingerprint density at radius 2 is 1.81 bits per heavy atom. The molecule has 0 aliphatic heterocycles. The van der Waals surface area contributed by atoms with Crippen LogP contribution in [0.4, 0.5) is 0 Å². The molecule has 0 atom stereocenters. The Bertz CT molecular complexity index is 253. The van der Waals surface area contributed by atoms with Gasteiger partial charge in [-0.3, -0.25) is 4.79 Å². The molecule has 2 N–H and O–H groups in total. The number of amides is 1. The number of rotatable bonds is 3. The van der Waals surface area contributed by atoms with Crippen molar-refractivity contribution >= 4 is 5.91 Å². The fourth-order valence-electron chi connectivity index (χ4n) is 2.84. The van der Waals surface area contributed by atoms with Crippen LogP contribution in [-0.2, 0) is 4.79 Å². The Labute approximate surface area is 98.4 Å². The van der Waals surface area contributed by atoms with Gasteiger partial charge in [-0.25, -0.2) is 0 Å². The summed E-state index contributed by atoms with van der Waals surface area (Å²) in [4.78, 5) is 14.3. The molecular formula is C13H24N2O. The van der Waals surface area contributed by atoms with Gasteiger partial charge in [0.25, 0.3) is 0 Å². The molecule has 2 saturated carbocycles. The Morgan fingerprint density at radius 3 is 2.25 bits per heavy atom. The maximum atomic E-state index is 12.3. The van der Waals surface area contributed by atoms with Crippen LogP contribution in [0, 0.1) is 5.41 Å². The maximum absolute atomic E-state index is 12.3. The summed E-state index contributed by atoms with van der Waals surface area (Å²) in [6.45, 7) is 0.531. The van der Waals surface area contributed by atoms with Gasteiger partial charge in [0.05, 0.1) is 5.41 Å². The Kier molecular flexibility index (Phi) is 3.53. The number of nitrogens with two attached hydrogens (primary N) is 1. The summed E-state index contributed by atoms with van der Waals surface area (Å²) in [6, 6.07) is 0.471. The average Bonchev–Trinajstić information content (AvgIpc) is 3.11. The van der Waals surface area contributed by atoms with Crippen molar-refractivity contribution in [1.82, 2.24) is 4.90 Å². The highest BCUT2D eigenvalue weighted by molar-refractivity contribution is 5.85. The van der Waals surface area contributed by atoms with Crippen molar-refractivity contribution in [3.05, 3.63) is 0 Å². The van der Waals surface area contributed by atoms with E-state index in [9.17, 15) is 4.79 Å². The first-order valence-electron chi connectivity index (χ1n) is 6.67. The van der Waals surface area contributed by atoms with E-state index in [0.29, 0.717) is 18.5 Å². The molecule has 0 spiro atoms. The van der Waals surface area contributed by atoms with Crippen LogP contribution in [-0.4, -0.2) is 30.4 Å². The van der Waals surface area contributed by atoms with Gasteiger partial charge < -0.3 is 10.6 Å². The van der Waals surface area contributed by atoms with E-state index in [1.54, 1.807) is 0 Å². The molecule has 3 heteroatoms. The quantitative estimate of drug-likeness (QED) is 0.744. The molecule has 2 rings (SSSR count). The normalized spacial score (nSPS) is 24.9. The second kappa shape index (κ2) is 4.74. The molecule has 0 radical (unpaired) electrons. The maximum Gasteiger partial charge on any atom is 0.230 e. The summed E-state index contributed by atoms with van der Waals surface area (Å²) in [5.74, 6) is 0.307. The van der Waals surface area contributed by atoms with Gasteiger partial charge in [-0.05, 0) is 25.7 Å². The molecule has 16 heavy (non-hydrogen) atoms. The standard InChI is InChI=1S/C13H24N2O/c1-15(11-6-4-2-3-5-7-11)12(16)13(10-14)8-9-13/h11H,2-10,14H2,1H3. The molecule has 2 aliphatic rings. The molecule has 0 aromatic carbocycles. The third-order valence-corrected chi connectivity index (χ3v) is 4.39. The fourth-order valence-corrected chi connectivity index (χ4v) is 2.84. The zero-order valence-corrected chi connectivity index (χ0v) is 10.4. The van der Waals surface area contributed by atoms with E-state index in [4.69, 9.17) is 5.73 Å². The number of hydrogen-bond donors (Lipinski definition) is 1. The van der Waals surface area contributed by atoms with Gasteiger partial charge in [-0.15, -0.1) is 0 Å². The lowest BCUT2D eigenvalue weighted by molar-refractivity contribution is -0.137. The van der Waals surface area contributed by atoms with Gasteiger partial charge in [0.2, 0.25) is 5.91 Å². The summed E-state index contributed by atoms with van der Waals surface area (Å²) in [5, 5.41) is 0. The number of carbonyl (C=O) groups excluding carboxylic acids is 1. The third-order valence-electron chi connectivity index (χ3n) is 4.39. The molecule has 2 fully saturated rings. The van der Waals surface area contributed by atoms with Crippen molar-refractivity contribution in [2.75, 3.05) is 13.6 Å². The van der Waals surface area contributed by atoms with E-state index < -0.39 is 0 Å². The van der Waals surface area contributed by atoms with Gasteiger partial charge in [-0.1, -0.05) is 25.7 Å². The number of nitrogens with zero attached hydrogens (tertiary/aromatic N) is 1. The average molecular weight is 224 g/mol. The van der Waals surface area contributed by atoms with Gasteiger partial charge in [0, 0.05) is 19.6 Å². The molecule has 0 heterocycles. The van der Waals surface area contributed by atoms with Gasteiger partial charge in [0.15, 0.2) is 0 Å². The second-order valence-electron chi connectivity index (χ2n) is 5.55. The van der Waals surface area contributed by atoms with E-state index in [-0.39, 0.29) is 5.41 Å². The van der Waals surface area contributed by atoms with Crippen LogP contribution >= 0.6 is 0 Å². The van der Waals surface area contributed by atoms with Crippen LogP contribution < -0.4 is 5.73 Å². The molecule has 0 unspecified atom stereocenters.